The second kappa shape index (κ2) is 18.3. The lowest BCUT2D eigenvalue weighted by atomic mass is 9.84. The summed E-state index contributed by atoms with van der Waals surface area (Å²) in [6, 6.07) is 104. The molecule has 0 aliphatic heterocycles. The number of benzene rings is 12. The van der Waals surface area contributed by atoms with Crippen LogP contribution in [-0.2, 0) is 0 Å². The molecule has 12 rings (SSSR count). The molecule has 0 amide bonds. The number of para-hydroxylation sites is 1. The molecule has 0 N–H and O–H groups in total. The van der Waals surface area contributed by atoms with Gasteiger partial charge in [-0.25, -0.2) is 0 Å². The van der Waals surface area contributed by atoms with Crippen molar-refractivity contribution >= 4 is 38.6 Å². The Hall–Kier alpha value is -9.04. The van der Waals surface area contributed by atoms with Crippen molar-refractivity contribution in [3.63, 3.8) is 0 Å². The smallest absolute Gasteiger partial charge is 0.0618 e. The van der Waals surface area contributed by atoms with Crippen LogP contribution in [0.4, 0.5) is 17.1 Å². The van der Waals surface area contributed by atoms with Crippen LogP contribution in [0.25, 0.3) is 99.4 Å². The van der Waals surface area contributed by atoms with Crippen molar-refractivity contribution in [3.8, 4) is 77.9 Å². The number of fused-ring (bicyclic) bond motifs is 3. The summed E-state index contributed by atoms with van der Waals surface area (Å²) in [6.07, 6.45) is 0. The summed E-state index contributed by atoms with van der Waals surface area (Å²) < 4.78 is 0. The Morgan fingerprint density at radius 2 is 0.536 bits per heavy atom. The van der Waals surface area contributed by atoms with Gasteiger partial charge in [0.1, 0.15) is 0 Å². The Morgan fingerprint density at radius 3 is 1.01 bits per heavy atom. The zero-order chi connectivity index (χ0) is 45.9. The second-order valence-electron chi connectivity index (χ2n) is 17.5. The minimum Gasteiger partial charge on any atom is -0.309 e. The van der Waals surface area contributed by atoms with E-state index in [-0.39, 0.29) is 0 Å². The van der Waals surface area contributed by atoms with Gasteiger partial charge >= 0.3 is 0 Å². The van der Waals surface area contributed by atoms with Gasteiger partial charge in [0.2, 0.25) is 0 Å². The molecule has 0 aromatic heterocycles. The largest absolute Gasteiger partial charge is 0.309 e. The molecule has 0 unspecified atom stereocenters. The molecule has 324 valence electrons. The highest BCUT2D eigenvalue weighted by Crippen LogP contribution is 2.53. The summed E-state index contributed by atoms with van der Waals surface area (Å²) in [5.74, 6) is 0. The molecule has 0 fully saturated rings. The maximum absolute atomic E-state index is 2.54. The van der Waals surface area contributed by atoms with Gasteiger partial charge in [-0.15, -0.1) is 0 Å². The maximum atomic E-state index is 2.54. The third-order valence-electron chi connectivity index (χ3n) is 13.5. The van der Waals surface area contributed by atoms with Gasteiger partial charge in [0, 0.05) is 22.2 Å². The molecule has 0 spiro atoms. The predicted molar refractivity (Wildman–Crippen MR) is 294 cm³/mol. The van der Waals surface area contributed by atoms with Crippen molar-refractivity contribution in [2.75, 3.05) is 4.90 Å². The van der Waals surface area contributed by atoms with Crippen LogP contribution >= 0.6 is 0 Å². The molecule has 0 saturated heterocycles. The number of rotatable bonds is 10. The number of hydrogen-bond acceptors (Lipinski definition) is 1. The molecule has 0 aliphatic carbocycles. The van der Waals surface area contributed by atoms with Crippen LogP contribution in [0, 0.1) is 0 Å². The molecule has 0 atom stereocenters. The Morgan fingerprint density at radius 1 is 0.203 bits per heavy atom. The summed E-state index contributed by atoms with van der Waals surface area (Å²) in [5.41, 5.74) is 19.9. The molecular formula is C68H47N. The lowest BCUT2D eigenvalue weighted by Crippen LogP contribution is -2.13. The fourth-order valence-electron chi connectivity index (χ4n) is 10.4. The van der Waals surface area contributed by atoms with Crippen LogP contribution in [0.2, 0.25) is 0 Å². The van der Waals surface area contributed by atoms with Gasteiger partial charge in [-0.3, -0.25) is 0 Å². The van der Waals surface area contributed by atoms with Gasteiger partial charge in [0.05, 0.1) is 11.4 Å². The fourth-order valence-corrected chi connectivity index (χ4v) is 10.4. The van der Waals surface area contributed by atoms with Gasteiger partial charge < -0.3 is 4.90 Å². The van der Waals surface area contributed by atoms with E-state index in [1.165, 1.54) is 71.6 Å². The summed E-state index contributed by atoms with van der Waals surface area (Å²) in [7, 11) is 0. The summed E-state index contributed by atoms with van der Waals surface area (Å²) in [6.45, 7) is 0. The zero-order valence-corrected chi connectivity index (χ0v) is 38.1. The number of nitrogens with zero attached hydrogens (tertiary/aromatic N) is 1. The summed E-state index contributed by atoms with van der Waals surface area (Å²) in [4.78, 5) is 2.54. The molecule has 0 aliphatic rings. The first-order valence-corrected chi connectivity index (χ1v) is 23.8. The average molecular weight is 878 g/mol. The third-order valence-corrected chi connectivity index (χ3v) is 13.5. The van der Waals surface area contributed by atoms with Crippen LogP contribution in [-0.4, -0.2) is 0 Å². The summed E-state index contributed by atoms with van der Waals surface area (Å²) in [5, 5.41) is 4.80. The monoisotopic (exact) mass is 877 g/mol. The van der Waals surface area contributed by atoms with Crippen LogP contribution in [0.15, 0.2) is 285 Å². The third kappa shape index (κ3) is 7.67. The molecule has 69 heavy (non-hydrogen) atoms. The first-order valence-electron chi connectivity index (χ1n) is 23.8. The molecule has 0 saturated carbocycles. The van der Waals surface area contributed by atoms with E-state index >= 15 is 0 Å². The van der Waals surface area contributed by atoms with Crippen LogP contribution in [0.3, 0.4) is 0 Å². The lowest BCUT2D eigenvalue weighted by molar-refractivity contribution is 1.30. The predicted octanol–water partition coefficient (Wildman–Crippen LogP) is 19.1. The maximum Gasteiger partial charge on any atom is 0.0618 e. The molecule has 1 heteroatoms. The van der Waals surface area contributed by atoms with Crippen molar-refractivity contribution in [2.45, 2.75) is 0 Å². The van der Waals surface area contributed by atoms with Crippen molar-refractivity contribution < 1.29 is 0 Å². The Bertz CT molecular complexity index is 3660. The molecule has 0 bridgehead atoms. The highest BCUT2D eigenvalue weighted by Gasteiger charge is 2.27. The highest BCUT2D eigenvalue weighted by atomic mass is 15.1. The number of hydrogen-bond donors (Lipinski definition) is 0. The van der Waals surface area contributed by atoms with Gasteiger partial charge in [-0.05, 0) is 101 Å². The fraction of sp³-hybridized carbons (Fsp3) is 0. The molecule has 0 heterocycles. The first-order chi connectivity index (χ1) is 34.3. The molecule has 12 aromatic rings. The van der Waals surface area contributed by atoms with E-state index in [1.54, 1.807) is 0 Å². The SMILES string of the molecule is c1ccc(-c2cccc(-c3ccc(N(c4c(-c5ccccc5)cccc4-c4ccccc4)c4cccc5c(-c6ccccc6)c(-c6ccccc6)c6ccccc6c45)cc3)c2-c2ccccc2)cc1. The van der Waals surface area contributed by atoms with E-state index in [2.05, 4.69) is 290 Å². The van der Waals surface area contributed by atoms with Crippen molar-refractivity contribution in [1.82, 2.24) is 0 Å². The second-order valence-corrected chi connectivity index (χ2v) is 17.5. The Kier molecular flexibility index (Phi) is 11.0. The van der Waals surface area contributed by atoms with E-state index in [9.17, 15) is 0 Å². The van der Waals surface area contributed by atoms with Crippen molar-refractivity contribution in [1.29, 1.82) is 0 Å². The van der Waals surface area contributed by atoms with Crippen molar-refractivity contribution in [3.05, 3.63) is 285 Å². The van der Waals surface area contributed by atoms with Gasteiger partial charge in [0.25, 0.3) is 0 Å². The quantitative estimate of drug-likeness (QED) is 0.124. The average Bonchev–Trinajstić information content (AvgIpc) is 3.44. The Labute approximate surface area is 404 Å². The Balaban J connectivity index is 1.17. The van der Waals surface area contributed by atoms with E-state index in [0.29, 0.717) is 0 Å². The standard InChI is InChI=1S/C68H47N/c1-7-24-48(25-8-1)56-38-21-39-57(64(56)52-30-13-4-14-31-52)51-44-46-55(47-45-51)69(68-58(49-26-9-2-10-27-49)40-22-41-59(68)50-28-11-3-12-29-50)63-43-23-42-62-66(54-34-17-6-18-35-54)65(53-32-15-5-16-33-53)60-36-19-20-37-61(60)67(62)63/h1-47H. The molecule has 0 radical (unpaired) electrons. The van der Waals surface area contributed by atoms with Crippen LogP contribution in [0.5, 0.6) is 0 Å². The van der Waals surface area contributed by atoms with Crippen LogP contribution in [0.1, 0.15) is 0 Å². The molecule has 1 nitrogen and oxygen atoms in total. The van der Waals surface area contributed by atoms with E-state index < -0.39 is 0 Å². The van der Waals surface area contributed by atoms with E-state index in [4.69, 9.17) is 0 Å². The molecular weight excluding hydrogens is 831 g/mol. The minimum absolute atomic E-state index is 1.06. The van der Waals surface area contributed by atoms with E-state index in [0.717, 1.165) is 44.9 Å². The first kappa shape index (κ1) is 41.4. The minimum atomic E-state index is 1.06. The van der Waals surface area contributed by atoms with Gasteiger partial charge in [-0.1, -0.05) is 267 Å². The summed E-state index contributed by atoms with van der Waals surface area (Å²) >= 11 is 0. The van der Waals surface area contributed by atoms with Gasteiger partial charge in [-0.2, -0.15) is 0 Å². The topological polar surface area (TPSA) is 3.24 Å². The zero-order valence-electron chi connectivity index (χ0n) is 38.1. The van der Waals surface area contributed by atoms with Crippen LogP contribution < -0.4 is 4.90 Å². The number of anilines is 3. The van der Waals surface area contributed by atoms with Gasteiger partial charge in [0.15, 0.2) is 0 Å². The highest BCUT2D eigenvalue weighted by molar-refractivity contribution is 6.26. The molecule has 12 aromatic carbocycles. The normalized spacial score (nSPS) is 11.2. The van der Waals surface area contributed by atoms with Crippen molar-refractivity contribution in [2.24, 2.45) is 0 Å². The van der Waals surface area contributed by atoms with E-state index in [1.807, 2.05) is 0 Å². The lowest BCUT2D eigenvalue weighted by Gasteiger charge is -2.32.